The van der Waals surface area contributed by atoms with E-state index in [0.717, 1.165) is 39.6 Å². The van der Waals surface area contributed by atoms with Gasteiger partial charge in [-0.3, -0.25) is 4.40 Å². The Bertz CT molecular complexity index is 1260. The predicted molar refractivity (Wildman–Crippen MR) is 112 cm³/mol. The molecular formula is C23H20N4. The van der Waals surface area contributed by atoms with E-state index in [0.29, 0.717) is 0 Å². The van der Waals surface area contributed by atoms with Gasteiger partial charge in [-0.05, 0) is 44.2 Å². The van der Waals surface area contributed by atoms with Crippen LogP contribution in [0.15, 0.2) is 72.9 Å². The molecule has 4 heteroatoms. The number of aromatic amines is 1. The monoisotopic (exact) mass is 352 g/mol. The number of hydrogen-bond acceptors (Lipinski definition) is 2. The number of aromatic nitrogens is 3. The second-order valence-corrected chi connectivity index (χ2v) is 6.91. The molecular weight excluding hydrogens is 332 g/mol. The first-order chi connectivity index (χ1) is 13.2. The maximum atomic E-state index is 4.96. The minimum Gasteiger partial charge on any atom is -0.360 e. The van der Waals surface area contributed by atoms with Gasteiger partial charge in [-0.25, -0.2) is 4.98 Å². The third kappa shape index (κ3) is 2.57. The van der Waals surface area contributed by atoms with E-state index in [1.807, 2.05) is 24.4 Å². The van der Waals surface area contributed by atoms with Crippen LogP contribution in [0.3, 0.4) is 0 Å². The molecule has 0 aliphatic rings. The zero-order valence-corrected chi connectivity index (χ0v) is 15.3. The van der Waals surface area contributed by atoms with Crippen molar-refractivity contribution in [1.82, 2.24) is 14.4 Å². The Balaban J connectivity index is 1.76. The second-order valence-electron chi connectivity index (χ2n) is 6.91. The average molecular weight is 352 g/mol. The number of hydrogen-bond donors (Lipinski definition) is 2. The maximum Gasteiger partial charge on any atom is 0.143 e. The Hall–Kier alpha value is -3.53. The number of para-hydroxylation sites is 1. The van der Waals surface area contributed by atoms with Gasteiger partial charge in [-0.2, -0.15) is 0 Å². The highest BCUT2D eigenvalue weighted by molar-refractivity contribution is 5.98. The molecule has 0 unspecified atom stereocenters. The lowest BCUT2D eigenvalue weighted by atomic mass is 10.1. The molecule has 0 bridgehead atoms. The zero-order chi connectivity index (χ0) is 18.4. The number of aryl methyl sites for hydroxylation is 2. The van der Waals surface area contributed by atoms with Crippen molar-refractivity contribution in [3.63, 3.8) is 0 Å². The number of H-pyrrole nitrogens is 1. The van der Waals surface area contributed by atoms with Crippen LogP contribution in [0, 0.1) is 13.8 Å². The molecule has 3 heterocycles. The highest BCUT2D eigenvalue weighted by atomic mass is 15.1. The number of fused-ring (bicyclic) bond motifs is 2. The van der Waals surface area contributed by atoms with E-state index >= 15 is 0 Å². The van der Waals surface area contributed by atoms with Gasteiger partial charge in [0.1, 0.15) is 17.2 Å². The molecule has 0 radical (unpaired) electrons. The lowest BCUT2D eigenvalue weighted by molar-refractivity contribution is 1.10. The third-order valence-corrected chi connectivity index (χ3v) is 5.00. The minimum atomic E-state index is 0.935. The molecule has 0 amide bonds. The van der Waals surface area contributed by atoms with Crippen LogP contribution in [0.4, 0.5) is 11.5 Å². The fourth-order valence-electron chi connectivity index (χ4n) is 3.60. The number of nitrogens with one attached hydrogen (secondary N) is 2. The fraction of sp³-hybridized carbons (Fsp3) is 0.0870. The molecule has 2 N–H and O–H groups in total. The quantitative estimate of drug-likeness (QED) is 0.428. The van der Waals surface area contributed by atoms with Crippen LogP contribution in [0.5, 0.6) is 0 Å². The molecule has 3 aromatic heterocycles. The van der Waals surface area contributed by atoms with E-state index < -0.39 is 0 Å². The number of imidazole rings is 1. The van der Waals surface area contributed by atoms with E-state index in [2.05, 4.69) is 77.1 Å². The molecule has 0 aliphatic carbocycles. The maximum absolute atomic E-state index is 4.96. The first kappa shape index (κ1) is 15.7. The highest BCUT2D eigenvalue weighted by Gasteiger charge is 2.18. The van der Waals surface area contributed by atoms with Crippen molar-refractivity contribution >= 4 is 28.1 Å². The summed E-state index contributed by atoms with van der Waals surface area (Å²) in [5.41, 5.74) is 7.53. The Kier molecular flexibility index (Phi) is 3.50. The van der Waals surface area contributed by atoms with Crippen LogP contribution in [0.2, 0.25) is 0 Å². The van der Waals surface area contributed by atoms with E-state index in [9.17, 15) is 0 Å². The van der Waals surface area contributed by atoms with E-state index in [1.165, 1.54) is 10.9 Å². The van der Waals surface area contributed by atoms with Crippen molar-refractivity contribution < 1.29 is 0 Å². The van der Waals surface area contributed by atoms with Crippen molar-refractivity contribution in [3.05, 3.63) is 84.2 Å². The van der Waals surface area contributed by atoms with Crippen molar-refractivity contribution in [2.24, 2.45) is 0 Å². The van der Waals surface area contributed by atoms with Gasteiger partial charge < -0.3 is 10.3 Å². The van der Waals surface area contributed by atoms with Gasteiger partial charge in [0.2, 0.25) is 0 Å². The van der Waals surface area contributed by atoms with Crippen molar-refractivity contribution in [2.75, 3.05) is 5.32 Å². The predicted octanol–water partition coefficient (Wildman–Crippen LogP) is 5.84. The van der Waals surface area contributed by atoms with Gasteiger partial charge in [0, 0.05) is 34.0 Å². The highest BCUT2D eigenvalue weighted by Crippen LogP contribution is 2.36. The van der Waals surface area contributed by atoms with Gasteiger partial charge in [-0.15, -0.1) is 0 Å². The minimum absolute atomic E-state index is 0.935. The first-order valence-electron chi connectivity index (χ1n) is 9.09. The van der Waals surface area contributed by atoms with Crippen LogP contribution >= 0.6 is 0 Å². The van der Waals surface area contributed by atoms with Crippen molar-refractivity contribution in [1.29, 1.82) is 0 Å². The molecule has 5 aromatic rings. The molecule has 2 aromatic carbocycles. The zero-order valence-electron chi connectivity index (χ0n) is 15.3. The van der Waals surface area contributed by atoms with Crippen LogP contribution < -0.4 is 5.32 Å². The fourth-order valence-corrected chi connectivity index (χ4v) is 3.60. The summed E-state index contributed by atoms with van der Waals surface area (Å²) in [6, 6.07) is 23.0. The molecule has 132 valence electrons. The molecule has 0 atom stereocenters. The largest absolute Gasteiger partial charge is 0.360 e. The normalized spacial score (nSPS) is 11.3. The van der Waals surface area contributed by atoms with Crippen LogP contribution in [-0.2, 0) is 0 Å². The number of anilines is 2. The number of rotatable bonds is 3. The van der Waals surface area contributed by atoms with E-state index in [4.69, 9.17) is 4.98 Å². The standard InChI is InChI=1S/C23H20N4/c1-15-10-12-17(13-11-15)25-23-22(26-21-9-5-6-16(2)27(21)23)19-14-24-20-8-4-3-7-18(19)20/h3-14,24-25H,1-2H3. The summed E-state index contributed by atoms with van der Waals surface area (Å²) in [7, 11) is 0. The van der Waals surface area contributed by atoms with Crippen molar-refractivity contribution in [2.45, 2.75) is 13.8 Å². The van der Waals surface area contributed by atoms with Gasteiger partial charge in [0.25, 0.3) is 0 Å². The molecule has 0 aliphatic heterocycles. The third-order valence-electron chi connectivity index (χ3n) is 5.00. The van der Waals surface area contributed by atoms with E-state index in [-0.39, 0.29) is 0 Å². The van der Waals surface area contributed by atoms with Crippen LogP contribution in [0.25, 0.3) is 27.8 Å². The summed E-state index contributed by atoms with van der Waals surface area (Å²) in [4.78, 5) is 8.33. The SMILES string of the molecule is Cc1ccc(Nc2c(-c3c[nH]c4ccccc34)nc3cccc(C)n23)cc1. The molecule has 0 saturated heterocycles. The molecule has 5 rings (SSSR count). The first-order valence-corrected chi connectivity index (χ1v) is 9.09. The molecule has 27 heavy (non-hydrogen) atoms. The Morgan fingerprint density at radius 2 is 1.70 bits per heavy atom. The summed E-state index contributed by atoms with van der Waals surface area (Å²) in [5.74, 6) is 0.983. The van der Waals surface area contributed by atoms with Crippen molar-refractivity contribution in [3.8, 4) is 11.3 Å². The summed E-state index contributed by atoms with van der Waals surface area (Å²) in [5, 5.41) is 4.77. The summed E-state index contributed by atoms with van der Waals surface area (Å²) < 4.78 is 2.18. The van der Waals surface area contributed by atoms with Gasteiger partial charge in [0.05, 0.1) is 0 Å². The summed E-state index contributed by atoms with van der Waals surface area (Å²) in [6.07, 6.45) is 2.04. The summed E-state index contributed by atoms with van der Waals surface area (Å²) >= 11 is 0. The number of nitrogens with zero attached hydrogens (tertiary/aromatic N) is 2. The van der Waals surface area contributed by atoms with Gasteiger partial charge >= 0.3 is 0 Å². The lowest BCUT2D eigenvalue weighted by Gasteiger charge is -2.10. The Morgan fingerprint density at radius 1 is 0.889 bits per heavy atom. The lowest BCUT2D eigenvalue weighted by Crippen LogP contribution is -1.99. The Labute approximate surface area is 157 Å². The molecule has 4 nitrogen and oxygen atoms in total. The molecule has 0 saturated carbocycles. The molecule has 0 spiro atoms. The smallest absolute Gasteiger partial charge is 0.143 e. The Morgan fingerprint density at radius 3 is 2.56 bits per heavy atom. The van der Waals surface area contributed by atoms with Gasteiger partial charge in [-0.1, -0.05) is 42.0 Å². The van der Waals surface area contributed by atoms with E-state index in [1.54, 1.807) is 0 Å². The number of pyridine rings is 1. The summed E-state index contributed by atoms with van der Waals surface area (Å²) in [6.45, 7) is 4.20. The number of benzene rings is 2. The average Bonchev–Trinajstić information content (AvgIpc) is 3.26. The second kappa shape index (κ2) is 6.02. The van der Waals surface area contributed by atoms with Gasteiger partial charge in [0.15, 0.2) is 0 Å². The van der Waals surface area contributed by atoms with Crippen LogP contribution in [-0.4, -0.2) is 14.4 Å². The topological polar surface area (TPSA) is 45.1 Å². The van der Waals surface area contributed by atoms with Crippen LogP contribution in [0.1, 0.15) is 11.3 Å². The molecule has 0 fully saturated rings.